The number of nitro groups is 1. The molecule has 4 aromatic rings. The minimum Gasteiger partial charge on any atom is -0.497 e. The third-order valence-corrected chi connectivity index (χ3v) is 5.18. The molecule has 136 valence electrons. The molecule has 0 aliphatic carbocycles. The Morgan fingerprint density at radius 2 is 1.96 bits per heavy atom. The second-order valence-corrected chi connectivity index (χ2v) is 6.96. The van der Waals surface area contributed by atoms with Crippen LogP contribution < -0.4 is 4.74 Å². The van der Waals surface area contributed by atoms with Gasteiger partial charge in [0, 0.05) is 23.6 Å². The summed E-state index contributed by atoms with van der Waals surface area (Å²) >= 11 is 1.35. The molecule has 27 heavy (non-hydrogen) atoms. The molecule has 0 aliphatic rings. The first-order chi connectivity index (χ1) is 13.0. The Morgan fingerprint density at radius 1 is 1.19 bits per heavy atom. The quantitative estimate of drug-likeness (QED) is 0.387. The monoisotopic (exact) mass is 381 g/mol. The van der Waals surface area contributed by atoms with Crippen LogP contribution >= 0.6 is 11.3 Å². The molecule has 0 amide bonds. The van der Waals surface area contributed by atoms with E-state index in [-0.39, 0.29) is 10.6 Å². The van der Waals surface area contributed by atoms with E-state index < -0.39 is 0 Å². The standard InChI is InChI=1S/C18H15N5O3S/c1-11-3-6-13(10-15(11)23(24)25)17-21-22-16(19-20-18(22)27-17)9-12-4-7-14(26-2)8-5-12/h3-8,10H,9H2,1-2H3. The summed E-state index contributed by atoms with van der Waals surface area (Å²) in [4.78, 5) is 11.5. The van der Waals surface area contributed by atoms with E-state index in [1.807, 2.05) is 30.3 Å². The number of methoxy groups -OCH3 is 1. The van der Waals surface area contributed by atoms with Gasteiger partial charge in [-0.3, -0.25) is 10.1 Å². The first-order valence-corrected chi connectivity index (χ1v) is 8.96. The molecular formula is C18H15N5O3S. The Bertz CT molecular complexity index is 1130. The predicted molar refractivity (Wildman–Crippen MR) is 101 cm³/mol. The van der Waals surface area contributed by atoms with E-state index in [0.717, 1.165) is 11.3 Å². The summed E-state index contributed by atoms with van der Waals surface area (Å²) in [6.45, 7) is 1.72. The Hall–Kier alpha value is -3.33. The Morgan fingerprint density at radius 3 is 2.67 bits per heavy atom. The van der Waals surface area contributed by atoms with Crippen LogP contribution in [0.1, 0.15) is 17.0 Å². The third kappa shape index (κ3) is 3.24. The normalized spacial score (nSPS) is 11.0. The van der Waals surface area contributed by atoms with Crippen molar-refractivity contribution in [2.24, 2.45) is 0 Å². The van der Waals surface area contributed by atoms with E-state index >= 15 is 0 Å². The molecule has 0 spiro atoms. The molecule has 0 fully saturated rings. The van der Waals surface area contributed by atoms with Crippen LogP contribution in [0.25, 0.3) is 15.5 Å². The molecule has 0 saturated carbocycles. The second-order valence-electron chi connectivity index (χ2n) is 6.00. The highest BCUT2D eigenvalue weighted by Gasteiger charge is 2.17. The molecule has 2 heterocycles. The highest BCUT2D eigenvalue weighted by molar-refractivity contribution is 7.19. The van der Waals surface area contributed by atoms with E-state index in [1.54, 1.807) is 30.7 Å². The Kier molecular flexibility index (Phi) is 4.28. The van der Waals surface area contributed by atoms with Gasteiger partial charge in [-0.15, -0.1) is 10.2 Å². The summed E-state index contributed by atoms with van der Waals surface area (Å²) < 4.78 is 6.86. The lowest BCUT2D eigenvalue weighted by molar-refractivity contribution is -0.385. The van der Waals surface area contributed by atoms with Crippen LogP contribution in [-0.4, -0.2) is 31.8 Å². The smallest absolute Gasteiger partial charge is 0.273 e. The van der Waals surface area contributed by atoms with Gasteiger partial charge < -0.3 is 4.74 Å². The highest BCUT2D eigenvalue weighted by Crippen LogP contribution is 2.30. The van der Waals surface area contributed by atoms with Crippen LogP contribution in [-0.2, 0) is 6.42 Å². The third-order valence-electron chi connectivity index (χ3n) is 4.23. The van der Waals surface area contributed by atoms with Crippen LogP contribution in [0.5, 0.6) is 5.75 Å². The summed E-state index contributed by atoms with van der Waals surface area (Å²) in [5, 5.41) is 24.8. The van der Waals surface area contributed by atoms with Crippen molar-refractivity contribution in [2.45, 2.75) is 13.3 Å². The predicted octanol–water partition coefficient (Wildman–Crippen LogP) is 3.67. The highest BCUT2D eigenvalue weighted by atomic mass is 32.1. The molecule has 0 atom stereocenters. The van der Waals surface area contributed by atoms with Crippen molar-refractivity contribution in [2.75, 3.05) is 7.11 Å². The number of nitrogens with zero attached hydrogens (tertiary/aromatic N) is 5. The maximum Gasteiger partial charge on any atom is 0.273 e. The topological polar surface area (TPSA) is 95.5 Å². The number of hydrogen-bond donors (Lipinski definition) is 0. The number of ether oxygens (including phenoxy) is 1. The van der Waals surface area contributed by atoms with Crippen LogP contribution in [0.15, 0.2) is 42.5 Å². The molecule has 0 bridgehead atoms. The zero-order valence-corrected chi connectivity index (χ0v) is 15.4. The fraction of sp³-hybridized carbons (Fsp3) is 0.167. The van der Waals surface area contributed by atoms with Crippen LogP contribution in [0.3, 0.4) is 0 Å². The lowest BCUT2D eigenvalue weighted by atomic mass is 10.1. The second kappa shape index (κ2) is 6.76. The van der Waals surface area contributed by atoms with Gasteiger partial charge in [0.2, 0.25) is 4.96 Å². The lowest BCUT2D eigenvalue weighted by Crippen LogP contribution is -1.98. The number of hydrogen-bond acceptors (Lipinski definition) is 7. The maximum atomic E-state index is 11.2. The maximum absolute atomic E-state index is 11.2. The number of rotatable bonds is 5. The summed E-state index contributed by atoms with van der Waals surface area (Å²) in [7, 11) is 1.63. The first-order valence-electron chi connectivity index (χ1n) is 8.14. The number of aryl methyl sites for hydroxylation is 1. The molecule has 0 unspecified atom stereocenters. The Labute approximate surface area is 158 Å². The van der Waals surface area contributed by atoms with Gasteiger partial charge in [0.1, 0.15) is 10.8 Å². The average molecular weight is 381 g/mol. The zero-order chi connectivity index (χ0) is 19.0. The van der Waals surface area contributed by atoms with Gasteiger partial charge in [0.15, 0.2) is 5.82 Å². The van der Waals surface area contributed by atoms with Crippen molar-refractivity contribution in [1.29, 1.82) is 0 Å². The molecule has 0 radical (unpaired) electrons. The number of aromatic nitrogens is 4. The number of benzene rings is 2. The summed E-state index contributed by atoms with van der Waals surface area (Å²) in [5.74, 6) is 1.50. The van der Waals surface area contributed by atoms with Crippen molar-refractivity contribution in [1.82, 2.24) is 19.8 Å². The summed E-state index contributed by atoms with van der Waals surface area (Å²) in [6, 6.07) is 12.8. The first kappa shape index (κ1) is 17.1. The van der Waals surface area contributed by atoms with Gasteiger partial charge in [-0.1, -0.05) is 35.6 Å². The lowest BCUT2D eigenvalue weighted by Gasteiger charge is -2.02. The molecule has 0 aliphatic heterocycles. The largest absolute Gasteiger partial charge is 0.497 e. The molecule has 8 nitrogen and oxygen atoms in total. The van der Waals surface area contributed by atoms with E-state index in [9.17, 15) is 10.1 Å². The number of nitro benzene ring substituents is 1. The summed E-state index contributed by atoms with van der Waals surface area (Å²) in [5.41, 5.74) is 2.45. The fourth-order valence-corrected chi connectivity index (χ4v) is 3.60. The van der Waals surface area contributed by atoms with Crippen molar-refractivity contribution in [3.05, 3.63) is 69.5 Å². The minimum atomic E-state index is -0.381. The molecular weight excluding hydrogens is 366 g/mol. The molecule has 9 heteroatoms. The molecule has 0 saturated heterocycles. The number of fused-ring (bicyclic) bond motifs is 1. The van der Waals surface area contributed by atoms with Gasteiger partial charge in [-0.25, -0.2) is 0 Å². The van der Waals surface area contributed by atoms with Crippen LogP contribution in [0.2, 0.25) is 0 Å². The van der Waals surface area contributed by atoms with Gasteiger partial charge in [-0.2, -0.15) is 9.61 Å². The van der Waals surface area contributed by atoms with E-state index in [2.05, 4.69) is 15.3 Å². The van der Waals surface area contributed by atoms with E-state index in [1.165, 1.54) is 11.3 Å². The molecule has 0 N–H and O–H groups in total. The SMILES string of the molecule is COc1ccc(Cc2nnc3sc(-c4ccc(C)c([N+](=O)[O-])c4)nn23)cc1. The van der Waals surface area contributed by atoms with E-state index in [0.29, 0.717) is 33.3 Å². The minimum absolute atomic E-state index is 0.0805. The zero-order valence-electron chi connectivity index (χ0n) is 14.6. The van der Waals surface area contributed by atoms with E-state index in [4.69, 9.17) is 4.74 Å². The average Bonchev–Trinajstić information content (AvgIpc) is 3.24. The molecule has 2 aromatic carbocycles. The van der Waals surface area contributed by atoms with Crippen molar-refractivity contribution < 1.29 is 9.66 Å². The Balaban J connectivity index is 1.67. The van der Waals surface area contributed by atoms with Gasteiger partial charge in [0.25, 0.3) is 5.69 Å². The molecule has 2 aromatic heterocycles. The van der Waals surface area contributed by atoms with Gasteiger partial charge in [-0.05, 0) is 24.6 Å². The van der Waals surface area contributed by atoms with Crippen LogP contribution in [0, 0.1) is 17.0 Å². The van der Waals surface area contributed by atoms with Gasteiger partial charge in [0.05, 0.1) is 12.0 Å². The van der Waals surface area contributed by atoms with Gasteiger partial charge >= 0.3 is 0 Å². The van der Waals surface area contributed by atoms with Crippen LogP contribution in [0.4, 0.5) is 5.69 Å². The van der Waals surface area contributed by atoms with Crippen molar-refractivity contribution >= 4 is 22.0 Å². The van der Waals surface area contributed by atoms with Crippen molar-refractivity contribution in [3.8, 4) is 16.3 Å². The molecule has 4 rings (SSSR count). The fourth-order valence-electron chi connectivity index (χ4n) is 2.75. The van der Waals surface area contributed by atoms with Crippen molar-refractivity contribution in [3.63, 3.8) is 0 Å². The summed E-state index contributed by atoms with van der Waals surface area (Å²) in [6.07, 6.45) is 0.572.